The lowest BCUT2D eigenvalue weighted by Crippen LogP contribution is -2.55. The number of carbonyl (C=O) groups excluding carboxylic acids is 1. The number of rotatable bonds is 3. The van der Waals surface area contributed by atoms with Crippen LogP contribution in [-0.4, -0.2) is 25.8 Å². The lowest BCUT2D eigenvalue weighted by molar-refractivity contribution is -0.200. The van der Waals surface area contributed by atoms with E-state index in [-0.39, 0.29) is 11.4 Å². The summed E-state index contributed by atoms with van der Waals surface area (Å²) in [5, 5.41) is 0. The Bertz CT molecular complexity index is 227. The molecule has 1 saturated heterocycles. The number of hydrogen-bond donors (Lipinski definition) is 0. The quantitative estimate of drug-likeness (QED) is 0.672. The first-order valence-corrected chi connectivity index (χ1v) is 6.04. The van der Waals surface area contributed by atoms with Crippen molar-refractivity contribution in [3.05, 3.63) is 0 Å². The molecule has 0 radical (unpaired) electrons. The maximum absolute atomic E-state index is 11.9. The van der Waals surface area contributed by atoms with Crippen LogP contribution < -0.4 is 0 Å². The first-order chi connectivity index (χ1) is 7.29. The average molecular weight is 212 g/mol. The van der Waals surface area contributed by atoms with Gasteiger partial charge in [-0.05, 0) is 25.7 Å². The summed E-state index contributed by atoms with van der Waals surface area (Å²) in [6.45, 7) is 3.51. The molecule has 0 spiro atoms. The molecule has 1 aliphatic heterocycles. The SMILES string of the molecule is CCOC(=O)C1(C2CCCCC2)COC1. The molecule has 0 unspecified atom stereocenters. The third-order valence-electron chi connectivity index (χ3n) is 3.79. The highest BCUT2D eigenvalue weighted by molar-refractivity contribution is 5.78. The largest absolute Gasteiger partial charge is 0.465 e. The predicted molar refractivity (Wildman–Crippen MR) is 56.5 cm³/mol. The Kier molecular flexibility index (Phi) is 3.29. The fraction of sp³-hybridized carbons (Fsp3) is 0.917. The van der Waals surface area contributed by atoms with Gasteiger partial charge >= 0.3 is 5.97 Å². The van der Waals surface area contributed by atoms with Gasteiger partial charge in [0.15, 0.2) is 0 Å². The molecule has 1 heterocycles. The maximum atomic E-state index is 11.9. The first kappa shape index (κ1) is 10.9. The highest BCUT2D eigenvalue weighted by Gasteiger charge is 2.52. The van der Waals surface area contributed by atoms with Crippen molar-refractivity contribution in [3.8, 4) is 0 Å². The Balaban J connectivity index is 2.03. The van der Waals surface area contributed by atoms with Crippen molar-refractivity contribution in [2.24, 2.45) is 11.3 Å². The standard InChI is InChI=1S/C12H20O3/c1-2-15-11(13)12(8-14-9-12)10-6-4-3-5-7-10/h10H,2-9H2,1H3. The molecular weight excluding hydrogens is 192 g/mol. The van der Waals surface area contributed by atoms with Gasteiger partial charge in [0.25, 0.3) is 0 Å². The van der Waals surface area contributed by atoms with E-state index in [1.54, 1.807) is 0 Å². The van der Waals surface area contributed by atoms with Crippen LogP contribution in [0.4, 0.5) is 0 Å². The van der Waals surface area contributed by atoms with Crippen LogP contribution in [0.3, 0.4) is 0 Å². The van der Waals surface area contributed by atoms with Crippen molar-refractivity contribution in [3.63, 3.8) is 0 Å². The second kappa shape index (κ2) is 4.52. The molecule has 0 bridgehead atoms. The van der Waals surface area contributed by atoms with E-state index in [1.807, 2.05) is 6.92 Å². The summed E-state index contributed by atoms with van der Waals surface area (Å²) in [6.07, 6.45) is 6.16. The molecule has 3 heteroatoms. The molecule has 86 valence electrons. The van der Waals surface area contributed by atoms with Crippen molar-refractivity contribution in [2.45, 2.75) is 39.0 Å². The summed E-state index contributed by atoms with van der Waals surface area (Å²) in [4.78, 5) is 11.9. The van der Waals surface area contributed by atoms with Crippen LogP contribution in [0.1, 0.15) is 39.0 Å². The molecule has 0 aromatic carbocycles. The molecule has 2 fully saturated rings. The van der Waals surface area contributed by atoms with E-state index in [1.165, 1.54) is 32.1 Å². The van der Waals surface area contributed by atoms with Crippen LogP contribution in [0.5, 0.6) is 0 Å². The van der Waals surface area contributed by atoms with Crippen molar-refractivity contribution in [1.82, 2.24) is 0 Å². The zero-order valence-electron chi connectivity index (χ0n) is 9.46. The van der Waals surface area contributed by atoms with Crippen molar-refractivity contribution >= 4 is 5.97 Å². The monoisotopic (exact) mass is 212 g/mol. The summed E-state index contributed by atoms with van der Waals surface area (Å²) in [6, 6.07) is 0. The van der Waals surface area contributed by atoms with Crippen LogP contribution >= 0.6 is 0 Å². The zero-order valence-corrected chi connectivity index (χ0v) is 9.46. The highest BCUT2D eigenvalue weighted by atomic mass is 16.6. The average Bonchev–Trinajstić information content (AvgIpc) is 2.18. The lowest BCUT2D eigenvalue weighted by atomic mass is 9.67. The second-order valence-corrected chi connectivity index (χ2v) is 4.70. The van der Waals surface area contributed by atoms with E-state index in [4.69, 9.17) is 9.47 Å². The number of carbonyl (C=O) groups is 1. The summed E-state index contributed by atoms with van der Waals surface area (Å²) < 4.78 is 10.4. The predicted octanol–water partition coefficient (Wildman–Crippen LogP) is 2.15. The van der Waals surface area contributed by atoms with Gasteiger partial charge in [-0.25, -0.2) is 0 Å². The third-order valence-corrected chi connectivity index (χ3v) is 3.79. The zero-order chi connectivity index (χ0) is 10.7. The molecule has 1 saturated carbocycles. The van der Waals surface area contributed by atoms with E-state index in [0.29, 0.717) is 25.7 Å². The van der Waals surface area contributed by atoms with Crippen LogP contribution in [-0.2, 0) is 14.3 Å². The topological polar surface area (TPSA) is 35.5 Å². The Morgan fingerprint density at radius 1 is 1.33 bits per heavy atom. The van der Waals surface area contributed by atoms with Crippen LogP contribution in [0, 0.1) is 11.3 Å². The molecule has 0 atom stereocenters. The van der Waals surface area contributed by atoms with E-state index < -0.39 is 0 Å². The van der Waals surface area contributed by atoms with E-state index in [0.717, 1.165) is 0 Å². The Labute approximate surface area is 91.1 Å². The van der Waals surface area contributed by atoms with Gasteiger partial charge in [0.05, 0.1) is 19.8 Å². The van der Waals surface area contributed by atoms with Crippen molar-refractivity contribution in [2.75, 3.05) is 19.8 Å². The summed E-state index contributed by atoms with van der Waals surface area (Å²) in [5.41, 5.74) is -0.281. The van der Waals surface area contributed by atoms with Crippen LogP contribution in [0.25, 0.3) is 0 Å². The molecule has 2 rings (SSSR count). The molecule has 1 aliphatic carbocycles. The van der Waals surface area contributed by atoms with Gasteiger partial charge in [-0.2, -0.15) is 0 Å². The fourth-order valence-electron chi connectivity index (χ4n) is 2.77. The van der Waals surface area contributed by atoms with E-state index >= 15 is 0 Å². The van der Waals surface area contributed by atoms with Gasteiger partial charge < -0.3 is 9.47 Å². The van der Waals surface area contributed by atoms with E-state index in [2.05, 4.69) is 0 Å². The minimum Gasteiger partial charge on any atom is -0.465 e. The maximum Gasteiger partial charge on any atom is 0.317 e. The van der Waals surface area contributed by atoms with Gasteiger partial charge in [-0.1, -0.05) is 19.3 Å². The van der Waals surface area contributed by atoms with Crippen molar-refractivity contribution in [1.29, 1.82) is 0 Å². The van der Waals surface area contributed by atoms with Gasteiger partial charge in [-0.3, -0.25) is 4.79 Å². The second-order valence-electron chi connectivity index (χ2n) is 4.70. The first-order valence-electron chi connectivity index (χ1n) is 6.04. The number of hydrogen-bond acceptors (Lipinski definition) is 3. The molecule has 0 aromatic heterocycles. The molecule has 2 aliphatic rings. The lowest BCUT2D eigenvalue weighted by Gasteiger charge is -2.46. The Morgan fingerprint density at radius 3 is 2.47 bits per heavy atom. The third kappa shape index (κ3) is 1.89. The molecular formula is C12H20O3. The smallest absolute Gasteiger partial charge is 0.317 e. The Morgan fingerprint density at radius 2 is 2.00 bits per heavy atom. The fourth-order valence-corrected chi connectivity index (χ4v) is 2.77. The van der Waals surface area contributed by atoms with E-state index in [9.17, 15) is 4.79 Å². The van der Waals surface area contributed by atoms with Crippen molar-refractivity contribution < 1.29 is 14.3 Å². The minimum atomic E-state index is -0.281. The molecule has 0 aromatic rings. The van der Waals surface area contributed by atoms with Gasteiger partial charge in [0.1, 0.15) is 5.41 Å². The molecule has 15 heavy (non-hydrogen) atoms. The number of esters is 1. The van der Waals surface area contributed by atoms with Gasteiger partial charge in [0, 0.05) is 0 Å². The Hall–Kier alpha value is -0.570. The molecule has 3 nitrogen and oxygen atoms in total. The molecule has 0 N–H and O–H groups in total. The van der Waals surface area contributed by atoms with Gasteiger partial charge in [-0.15, -0.1) is 0 Å². The molecule has 0 amide bonds. The summed E-state index contributed by atoms with van der Waals surface area (Å²) in [5.74, 6) is 0.474. The van der Waals surface area contributed by atoms with Crippen LogP contribution in [0.15, 0.2) is 0 Å². The normalized spacial score (nSPS) is 25.7. The van der Waals surface area contributed by atoms with Crippen LogP contribution in [0.2, 0.25) is 0 Å². The summed E-state index contributed by atoms with van der Waals surface area (Å²) >= 11 is 0. The summed E-state index contributed by atoms with van der Waals surface area (Å²) in [7, 11) is 0. The minimum absolute atomic E-state index is 0.0249. The number of ether oxygens (including phenoxy) is 2. The highest BCUT2D eigenvalue weighted by Crippen LogP contribution is 2.44. The van der Waals surface area contributed by atoms with Gasteiger partial charge in [0.2, 0.25) is 0 Å².